The van der Waals surface area contributed by atoms with Gasteiger partial charge in [0.25, 0.3) is 0 Å². The summed E-state index contributed by atoms with van der Waals surface area (Å²) in [6.45, 7) is 1.20. The number of hydrogen-bond donors (Lipinski definition) is 2. The highest BCUT2D eigenvalue weighted by Crippen LogP contribution is 2.29. The van der Waals surface area contributed by atoms with Crippen LogP contribution in [0.5, 0.6) is 0 Å². The van der Waals surface area contributed by atoms with E-state index < -0.39 is 10.0 Å². The average Bonchev–Trinajstić information content (AvgIpc) is 3.28. The maximum atomic E-state index is 12.3. The number of rotatable bonds is 7. The third-order valence-electron chi connectivity index (χ3n) is 3.72. The van der Waals surface area contributed by atoms with E-state index >= 15 is 0 Å². The first kappa shape index (κ1) is 14.3. The molecule has 2 aliphatic carbocycles. The molecule has 1 aromatic carbocycles. The van der Waals surface area contributed by atoms with E-state index in [0.717, 1.165) is 18.4 Å². The largest absolute Gasteiger partial charge is 0.310 e. The Bertz CT molecular complexity index is 595. The third-order valence-corrected chi connectivity index (χ3v) is 5.62. The molecule has 0 bridgehead atoms. The van der Waals surface area contributed by atoms with E-state index in [2.05, 4.69) is 10.0 Å². The summed E-state index contributed by atoms with van der Waals surface area (Å²) in [6.07, 6.45) is 4.65. The second kappa shape index (κ2) is 5.64. The number of sulfonamides is 1. The van der Waals surface area contributed by atoms with Crippen LogP contribution in [0.15, 0.2) is 23.1 Å². The third kappa shape index (κ3) is 3.73. The van der Waals surface area contributed by atoms with E-state index in [9.17, 15) is 8.42 Å². The quantitative estimate of drug-likeness (QED) is 0.812. The number of nitrogens with one attached hydrogen (secondary N) is 2. The van der Waals surface area contributed by atoms with Crippen LogP contribution in [0.2, 0.25) is 5.02 Å². The van der Waals surface area contributed by atoms with Crippen LogP contribution in [-0.4, -0.2) is 21.0 Å². The van der Waals surface area contributed by atoms with Gasteiger partial charge >= 0.3 is 0 Å². The highest BCUT2D eigenvalue weighted by Gasteiger charge is 2.26. The summed E-state index contributed by atoms with van der Waals surface area (Å²) in [5, 5.41) is 3.65. The van der Waals surface area contributed by atoms with Gasteiger partial charge in [0.2, 0.25) is 10.0 Å². The van der Waals surface area contributed by atoms with E-state index in [-0.39, 0.29) is 9.92 Å². The van der Waals surface area contributed by atoms with Crippen molar-refractivity contribution in [3.05, 3.63) is 28.8 Å². The maximum absolute atomic E-state index is 12.3. The second-order valence-corrected chi connectivity index (χ2v) is 7.86. The van der Waals surface area contributed by atoms with Gasteiger partial charge in [-0.1, -0.05) is 17.7 Å². The molecule has 0 aromatic heterocycles. The van der Waals surface area contributed by atoms with E-state index in [0.29, 0.717) is 25.0 Å². The Morgan fingerprint density at radius 1 is 1.20 bits per heavy atom. The fourth-order valence-electron chi connectivity index (χ4n) is 2.04. The zero-order valence-corrected chi connectivity index (χ0v) is 12.8. The van der Waals surface area contributed by atoms with Gasteiger partial charge in [-0.25, -0.2) is 13.1 Å². The fourth-order valence-corrected chi connectivity index (χ4v) is 3.70. The van der Waals surface area contributed by atoms with Crippen molar-refractivity contribution in [3.63, 3.8) is 0 Å². The first-order valence-corrected chi connectivity index (χ1v) is 8.92. The van der Waals surface area contributed by atoms with Gasteiger partial charge in [0.15, 0.2) is 0 Å². The van der Waals surface area contributed by atoms with Crippen molar-refractivity contribution in [2.45, 2.75) is 43.2 Å². The molecule has 6 heteroatoms. The van der Waals surface area contributed by atoms with Gasteiger partial charge in [0.05, 0.1) is 5.02 Å². The topological polar surface area (TPSA) is 58.2 Å². The average molecular weight is 315 g/mol. The monoisotopic (exact) mass is 314 g/mol. The van der Waals surface area contributed by atoms with Crippen molar-refractivity contribution in [1.29, 1.82) is 0 Å². The SMILES string of the molecule is O=S(=O)(NCC1CC1)c1cc(CNC2CC2)ccc1Cl. The highest BCUT2D eigenvalue weighted by atomic mass is 35.5. The lowest BCUT2D eigenvalue weighted by atomic mass is 10.2. The van der Waals surface area contributed by atoms with Gasteiger partial charge < -0.3 is 5.32 Å². The fraction of sp³-hybridized carbons (Fsp3) is 0.571. The Morgan fingerprint density at radius 3 is 2.60 bits per heavy atom. The van der Waals surface area contributed by atoms with Gasteiger partial charge in [0.1, 0.15) is 4.90 Å². The Hall–Kier alpha value is -0.620. The minimum atomic E-state index is -3.50. The van der Waals surface area contributed by atoms with Crippen LogP contribution in [-0.2, 0) is 16.6 Å². The Labute approximate surface area is 125 Å². The first-order valence-electron chi connectivity index (χ1n) is 7.06. The molecule has 2 aliphatic rings. The van der Waals surface area contributed by atoms with Crippen LogP contribution >= 0.6 is 11.6 Å². The molecule has 2 saturated carbocycles. The Kier molecular flexibility index (Phi) is 4.04. The van der Waals surface area contributed by atoms with Gasteiger partial charge in [0, 0.05) is 19.1 Å². The highest BCUT2D eigenvalue weighted by molar-refractivity contribution is 7.89. The number of hydrogen-bond acceptors (Lipinski definition) is 3. The van der Waals surface area contributed by atoms with Crippen LogP contribution < -0.4 is 10.0 Å². The lowest BCUT2D eigenvalue weighted by Crippen LogP contribution is -2.26. The Balaban J connectivity index is 1.73. The Morgan fingerprint density at radius 2 is 1.95 bits per heavy atom. The first-order chi connectivity index (χ1) is 9.54. The van der Waals surface area contributed by atoms with Crippen LogP contribution in [0.25, 0.3) is 0 Å². The van der Waals surface area contributed by atoms with Crippen molar-refractivity contribution < 1.29 is 8.42 Å². The summed E-state index contributed by atoms with van der Waals surface area (Å²) in [5.41, 5.74) is 0.952. The molecule has 0 amide bonds. The molecule has 0 radical (unpaired) electrons. The molecular weight excluding hydrogens is 296 g/mol. The smallest absolute Gasteiger partial charge is 0.242 e. The van der Waals surface area contributed by atoms with Crippen molar-refractivity contribution >= 4 is 21.6 Å². The van der Waals surface area contributed by atoms with Crippen LogP contribution in [0.4, 0.5) is 0 Å². The standard InChI is InChI=1S/C14H19ClN2O2S/c15-13-6-3-11(8-16-12-4-5-12)7-14(13)20(18,19)17-9-10-1-2-10/h3,6-7,10,12,16-17H,1-2,4-5,8-9H2. The molecule has 1 aromatic rings. The molecule has 4 nitrogen and oxygen atoms in total. The zero-order chi connectivity index (χ0) is 14.2. The lowest BCUT2D eigenvalue weighted by Gasteiger charge is -2.10. The molecule has 0 unspecified atom stereocenters. The summed E-state index contributed by atoms with van der Waals surface area (Å²) in [6, 6.07) is 5.81. The molecular formula is C14H19ClN2O2S. The van der Waals surface area contributed by atoms with Crippen LogP contribution in [0.3, 0.4) is 0 Å². The molecule has 3 rings (SSSR count). The van der Waals surface area contributed by atoms with Gasteiger partial charge in [-0.2, -0.15) is 0 Å². The summed E-state index contributed by atoms with van der Waals surface area (Å²) >= 11 is 6.05. The number of benzene rings is 1. The zero-order valence-electron chi connectivity index (χ0n) is 11.2. The molecule has 2 fully saturated rings. The summed E-state index contributed by atoms with van der Waals surface area (Å²) < 4.78 is 27.2. The van der Waals surface area contributed by atoms with Crippen molar-refractivity contribution in [3.8, 4) is 0 Å². The van der Waals surface area contributed by atoms with Crippen LogP contribution in [0, 0.1) is 5.92 Å². The summed E-state index contributed by atoms with van der Waals surface area (Å²) in [4.78, 5) is 0.190. The van der Waals surface area contributed by atoms with Gasteiger partial charge in [-0.05, 0) is 49.3 Å². The molecule has 0 atom stereocenters. The lowest BCUT2D eigenvalue weighted by molar-refractivity contribution is 0.577. The van der Waals surface area contributed by atoms with Gasteiger partial charge in [-0.15, -0.1) is 0 Å². The second-order valence-electron chi connectivity index (χ2n) is 5.72. The minimum absolute atomic E-state index is 0.190. The molecule has 0 heterocycles. The van der Waals surface area contributed by atoms with Crippen molar-refractivity contribution in [1.82, 2.24) is 10.0 Å². The van der Waals surface area contributed by atoms with Crippen molar-refractivity contribution in [2.75, 3.05) is 6.54 Å². The van der Waals surface area contributed by atoms with E-state index in [4.69, 9.17) is 11.6 Å². The minimum Gasteiger partial charge on any atom is -0.310 e. The van der Waals surface area contributed by atoms with Gasteiger partial charge in [-0.3, -0.25) is 0 Å². The predicted molar refractivity (Wildman–Crippen MR) is 79.2 cm³/mol. The van der Waals surface area contributed by atoms with E-state index in [1.165, 1.54) is 12.8 Å². The molecule has 0 spiro atoms. The molecule has 0 saturated heterocycles. The normalized spacial score (nSPS) is 19.2. The maximum Gasteiger partial charge on any atom is 0.242 e. The van der Waals surface area contributed by atoms with Crippen LogP contribution in [0.1, 0.15) is 31.2 Å². The van der Waals surface area contributed by atoms with Crippen molar-refractivity contribution in [2.24, 2.45) is 5.92 Å². The van der Waals surface area contributed by atoms with E-state index in [1.54, 1.807) is 12.1 Å². The summed E-state index contributed by atoms with van der Waals surface area (Å²) in [5.74, 6) is 0.503. The molecule has 2 N–H and O–H groups in total. The number of halogens is 1. The molecule has 20 heavy (non-hydrogen) atoms. The summed E-state index contributed by atoms with van der Waals surface area (Å²) in [7, 11) is -3.50. The molecule has 110 valence electrons. The van der Waals surface area contributed by atoms with E-state index in [1.807, 2.05) is 6.07 Å². The predicted octanol–water partition coefficient (Wildman–Crippen LogP) is 2.28. The molecule has 0 aliphatic heterocycles.